The number of hydrogen-bond acceptors (Lipinski definition) is 8. The number of benzene rings is 1. The Bertz CT molecular complexity index is 944. The molecule has 2 amide bonds. The van der Waals surface area contributed by atoms with Crippen LogP contribution in [0.25, 0.3) is 0 Å². The predicted octanol–water partition coefficient (Wildman–Crippen LogP) is -1.34. The highest BCUT2D eigenvalue weighted by molar-refractivity contribution is 7.92. The Morgan fingerprint density at radius 2 is 2.21 bits per heavy atom. The quantitative estimate of drug-likeness (QED) is 0.389. The summed E-state index contributed by atoms with van der Waals surface area (Å²) in [6.45, 7) is 2.11. The van der Waals surface area contributed by atoms with E-state index < -0.39 is 39.9 Å². The lowest BCUT2D eigenvalue weighted by Gasteiger charge is -2.24. The fourth-order valence-corrected chi connectivity index (χ4v) is 4.08. The van der Waals surface area contributed by atoms with Gasteiger partial charge in [0.2, 0.25) is 5.91 Å². The van der Waals surface area contributed by atoms with Gasteiger partial charge in [-0.2, -0.15) is 8.42 Å². The molecule has 29 heavy (non-hydrogen) atoms. The highest BCUT2D eigenvalue weighted by atomic mass is 32.2. The van der Waals surface area contributed by atoms with Crippen molar-refractivity contribution in [3.8, 4) is 5.75 Å². The molecule has 0 aromatic heterocycles. The summed E-state index contributed by atoms with van der Waals surface area (Å²) in [5.74, 6) is -2.02. The van der Waals surface area contributed by atoms with Crippen molar-refractivity contribution in [3.05, 3.63) is 23.5 Å². The van der Waals surface area contributed by atoms with E-state index in [-0.39, 0.29) is 18.5 Å². The second kappa shape index (κ2) is 8.11. The largest absolute Gasteiger partial charge is 0.506 e. The summed E-state index contributed by atoms with van der Waals surface area (Å²) in [6.07, 6.45) is 0.388. The minimum absolute atomic E-state index is 0.0636. The maximum Gasteiger partial charge on any atom is 0.326 e. The second-order valence-corrected chi connectivity index (χ2v) is 8.12. The van der Waals surface area contributed by atoms with Gasteiger partial charge in [-0.25, -0.2) is 13.4 Å². The predicted molar refractivity (Wildman–Crippen MR) is 102 cm³/mol. The van der Waals surface area contributed by atoms with Crippen LogP contribution in [-0.4, -0.2) is 57.0 Å². The Labute approximate surface area is 166 Å². The first-order chi connectivity index (χ1) is 13.7. The topological polar surface area (TPSA) is 152 Å². The van der Waals surface area contributed by atoms with Crippen LogP contribution in [0.15, 0.2) is 17.1 Å². The fraction of sp³-hybridized carbons (Fsp3) is 0.438. The average Bonchev–Trinajstić information content (AvgIpc) is 2.92. The number of amides is 2. The van der Waals surface area contributed by atoms with E-state index in [0.717, 1.165) is 6.07 Å². The molecule has 1 aromatic carbocycles. The number of phenols is 1. The minimum Gasteiger partial charge on any atom is -0.506 e. The van der Waals surface area contributed by atoms with Gasteiger partial charge in [0.25, 0.3) is 5.91 Å². The van der Waals surface area contributed by atoms with Crippen molar-refractivity contribution in [2.24, 2.45) is 4.99 Å². The van der Waals surface area contributed by atoms with Crippen LogP contribution in [0, 0.1) is 5.82 Å². The van der Waals surface area contributed by atoms with Gasteiger partial charge in [-0.3, -0.25) is 14.6 Å². The highest BCUT2D eigenvalue weighted by Crippen LogP contribution is 2.34. The number of anilines is 1. The third kappa shape index (κ3) is 4.67. The summed E-state index contributed by atoms with van der Waals surface area (Å²) in [5, 5.41) is 18.9. The molecule has 2 heterocycles. The van der Waals surface area contributed by atoms with Gasteiger partial charge in [0.15, 0.2) is 11.8 Å². The second-order valence-electron chi connectivity index (χ2n) is 6.52. The van der Waals surface area contributed by atoms with Crippen LogP contribution in [0.1, 0.15) is 18.9 Å². The summed E-state index contributed by atoms with van der Waals surface area (Å²) < 4.78 is 40.4. The van der Waals surface area contributed by atoms with Crippen molar-refractivity contribution < 1.29 is 27.5 Å². The normalized spacial score (nSPS) is 20.5. The van der Waals surface area contributed by atoms with E-state index in [2.05, 4.69) is 20.9 Å². The summed E-state index contributed by atoms with van der Waals surface area (Å²) in [5.41, 5.74) is -0.250. The molecule has 1 saturated heterocycles. The molecule has 0 radical (unpaired) electrons. The van der Waals surface area contributed by atoms with Crippen molar-refractivity contribution in [3.63, 3.8) is 0 Å². The van der Waals surface area contributed by atoms with Crippen LogP contribution in [0.3, 0.4) is 0 Å². The van der Waals surface area contributed by atoms with Crippen molar-refractivity contribution in [2.75, 3.05) is 23.9 Å². The van der Waals surface area contributed by atoms with Crippen molar-refractivity contribution in [1.82, 2.24) is 20.7 Å². The van der Waals surface area contributed by atoms with Crippen LogP contribution in [0.4, 0.5) is 10.1 Å². The first kappa shape index (κ1) is 20.6. The molecule has 1 aromatic rings. The third-order valence-corrected chi connectivity index (χ3v) is 5.68. The molecular weight excluding hydrogens is 407 g/mol. The van der Waals surface area contributed by atoms with Gasteiger partial charge in [-0.1, -0.05) is 6.92 Å². The lowest BCUT2D eigenvalue weighted by atomic mass is 10.1. The zero-order valence-corrected chi connectivity index (χ0v) is 16.3. The Balaban J connectivity index is 1.65. The number of aromatic hydroxyl groups is 1. The van der Waals surface area contributed by atoms with Crippen LogP contribution in [0.5, 0.6) is 5.75 Å². The molecule has 3 rings (SSSR count). The summed E-state index contributed by atoms with van der Waals surface area (Å²) in [7, 11) is -4.23. The van der Waals surface area contributed by atoms with Gasteiger partial charge in [-0.15, -0.1) is 0 Å². The summed E-state index contributed by atoms with van der Waals surface area (Å²) in [6, 6.07) is 2.15. The summed E-state index contributed by atoms with van der Waals surface area (Å²) >= 11 is 0. The fourth-order valence-electron chi connectivity index (χ4n) is 2.91. The lowest BCUT2D eigenvalue weighted by molar-refractivity contribution is -0.121. The maximum atomic E-state index is 14.5. The molecule has 1 unspecified atom stereocenters. The molecule has 2 aliphatic heterocycles. The molecule has 158 valence electrons. The molecule has 11 nitrogen and oxygen atoms in total. The Hall–Kier alpha value is -3.09. The first-order valence-corrected chi connectivity index (χ1v) is 10.3. The van der Waals surface area contributed by atoms with Crippen LogP contribution >= 0.6 is 0 Å². The molecular formula is C16H21FN6O5S. The zero-order chi connectivity index (χ0) is 21.2. The molecule has 0 aliphatic carbocycles. The minimum atomic E-state index is -4.23. The number of halogens is 1. The number of carbonyl (C=O) groups is 2. The smallest absolute Gasteiger partial charge is 0.326 e. The van der Waals surface area contributed by atoms with Gasteiger partial charge in [0.1, 0.15) is 18.0 Å². The molecule has 0 spiro atoms. The first-order valence-electron chi connectivity index (χ1n) is 8.86. The van der Waals surface area contributed by atoms with Crippen molar-refractivity contribution in [1.29, 1.82) is 0 Å². The Morgan fingerprint density at radius 3 is 2.76 bits per heavy atom. The van der Waals surface area contributed by atoms with E-state index in [0.29, 0.717) is 35.3 Å². The highest BCUT2D eigenvalue weighted by Gasteiger charge is 2.37. The SMILES string of the molecule is CCC(=O)NC1CN=C(NCc2cc(O)c(N3CC(=O)NS3(=O)=O)c(F)c2)NC1. The van der Waals surface area contributed by atoms with Crippen molar-refractivity contribution in [2.45, 2.75) is 25.9 Å². The molecule has 0 bridgehead atoms. The molecule has 5 N–H and O–H groups in total. The van der Waals surface area contributed by atoms with Gasteiger partial charge >= 0.3 is 10.2 Å². The molecule has 0 saturated carbocycles. The number of rotatable bonds is 5. The Morgan fingerprint density at radius 1 is 1.45 bits per heavy atom. The van der Waals surface area contributed by atoms with E-state index in [4.69, 9.17) is 0 Å². The third-order valence-electron chi connectivity index (χ3n) is 4.30. The van der Waals surface area contributed by atoms with E-state index >= 15 is 0 Å². The van der Waals surface area contributed by atoms with E-state index in [1.54, 1.807) is 11.6 Å². The van der Waals surface area contributed by atoms with E-state index in [1.165, 1.54) is 6.07 Å². The zero-order valence-electron chi connectivity index (χ0n) is 15.5. The monoisotopic (exact) mass is 428 g/mol. The van der Waals surface area contributed by atoms with E-state index in [1.807, 2.05) is 0 Å². The van der Waals surface area contributed by atoms with E-state index in [9.17, 15) is 27.5 Å². The van der Waals surface area contributed by atoms with Crippen molar-refractivity contribution >= 4 is 33.7 Å². The number of carbonyl (C=O) groups excluding carboxylic acids is 2. The van der Waals surface area contributed by atoms with Crippen LogP contribution < -0.4 is 25.0 Å². The molecule has 2 aliphatic rings. The molecule has 1 atom stereocenters. The van der Waals surface area contributed by atoms with Gasteiger partial charge in [0.05, 0.1) is 12.6 Å². The van der Waals surface area contributed by atoms with Crippen LogP contribution in [-0.2, 0) is 26.3 Å². The lowest BCUT2D eigenvalue weighted by Crippen LogP contribution is -2.52. The molecule has 13 heteroatoms. The van der Waals surface area contributed by atoms with Crippen LogP contribution in [0.2, 0.25) is 0 Å². The average molecular weight is 428 g/mol. The molecule has 1 fully saturated rings. The maximum absolute atomic E-state index is 14.5. The number of phenolic OH excluding ortho intramolecular Hbond substituents is 1. The standard InChI is InChI=1S/C16H21FN6O5S/c1-2-13(25)21-10-6-19-16(20-7-10)18-5-9-3-11(17)15(12(24)4-9)23-8-14(26)22-29(23,27)28/h3-4,10,24H,2,5-8H2,1H3,(H,21,25)(H,22,26)(H2,18,19,20). The number of nitrogens with one attached hydrogen (secondary N) is 4. The van der Waals surface area contributed by atoms with Gasteiger partial charge in [0, 0.05) is 19.5 Å². The van der Waals surface area contributed by atoms with Gasteiger partial charge < -0.3 is 21.1 Å². The Kier molecular flexibility index (Phi) is 5.77. The number of aliphatic imine (C=N–C) groups is 1. The number of nitrogens with zero attached hydrogens (tertiary/aromatic N) is 2. The van der Waals surface area contributed by atoms with Gasteiger partial charge in [-0.05, 0) is 17.7 Å². The number of guanidine groups is 1. The summed E-state index contributed by atoms with van der Waals surface area (Å²) in [4.78, 5) is 27.0. The number of hydrogen-bond donors (Lipinski definition) is 5.